The van der Waals surface area contributed by atoms with Crippen LogP contribution in [0.2, 0.25) is 0 Å². The van der Waals surface area contributed by atoms with Crippen molar-refractivity contribution in [2.45, 2.75) is 61.4 Å². The van der Waals surface area contributed by atoms with E-state index in [4.69, 9.17) is 27.9 Å². The number of benzene rings is 2. The summed E-state index contributed by atoms with van der Waals surface area (Å²) in [4.78, 5) is 53.5. The zero-order valence-electron chi connectivity index (χ0n) is 23.9. The molecule has 2 saturated heterocycles. The highest BCUT2D eigenvalue weighted by atomic mass is 79.9. The van der Waals surface area contributed by atoms with Gasteiger partial charge in [0.15, 0.2) is 9.75 Å². The van der Waals surface area contributed by atoms with Gasteiger partial charge < -0.3 is 9.84 Å². The minimum absolute atomic E-state index is 0.105. The molecule has 2 aliphatic carbocycles. The van der Waals surface area contributed by atoms with Crippen molar-refractivity contribution in [3.05, 3.63) is 71.3 Å². The van der Waals surface area contributed by atoms with Gasteiger partial charge in [-0.1, -0.05) is 64.0 Å². The molecule has 2 aliphatic heterocycles. The molecule has 1 saturated carbocycles. The van der Waals surface area contributed by atoms with E-state index in [-0.39, 0.29) is 48.0 Å². The lowest BCUT2D eigenvalue weighted by Gasteiger charge is -2.50. The molecule has 43 heavy (non-hydrogen) atoms. The standard InChI is InChI=1S/C32H31BrCl2N2O6/c1-30(2,3)37-26(39)21-12-11-19-22(24(21)27(37)40)14-31(34)28(41)36(16-33)29(42)32(31,35)25(19)20-10-9-18(13-23(20)38)43-15-17-7-5-4-6-8-17/h4-11,13,21-22,24-25,38H,12,14-16H2,1-3H3. The molecule has 4 amide bonds. The topological polar surface area (TPSA) is 104 Å². The summed E-state index contributed by atoms with van der Waals surface area (Å²) in [6, 6.07) is 14.3. The van der Waals surface area contributed by atoms with Crippen LogP contribution in [0.1, 0.15) is 50.7 Å². The fourth-order valence-corrected chi connectivity index (χ4v) is 8.78. The number of phenolic OH excluding ortho intramolecular Hbond substituents is 1. The van der Waals surface area contributed by atoms with Crippen LogP contribution in [-0.2, 0) is 25.8 Å². The predicted molar refractivity (Wildman–Crippen MR) is 164 cm³/mol. The van der Waals surface area contributed by atoms with Crippen LogP contribution in [-0.4, -0.2) is 59.3 Å². The highest BCUT2D eigenvalue weighted by molar-refractivity contribution is 9.09. The van der Waals surface area contributed by atoms with E-state index >= 15 is 0 Å². The molecule has 6 atom stereocenters. The van der Waals surface area contributed by atoms with Crippen molar-refractivity contribution in [2.75, 3.05) is 5.45 Å². The fraction of sp³-hybridized carbons (Fsp3) is 0.438. The molecular weight excluding hydrogens is 659 g/mol. The highest BCUT2D eigenvalue weighted by Gasteiger charge is 2.76. The van der Waals surface area contributed by atoms with Crippen LogP contribution in [0.15, 0.2) is 60.2 Å². The Morgan fingerprint density at radius 1 is 1.00 bits per heavy atom. The van der Waals surface area contributed by atoms with E-state index < -0.39 is 50.8 Å². The van der Waals surface area contributed by atoms with Gasteiger partial charge in [-0.2, -0.15) is 0 Å². The summed E-state index contributed by atoms with van der Waals surface area (Å²) >= 11 is 17.7. The molecule has 0 bridgehead atoms. The summed E-state index contributed by atoms with van der Waals surface area (Å²) in [5, 5.41) is 11.4. The maximum atomic E-state index is 13.9. The van der Waals surface area contributed by atoms with Crippen molar-refractivity contribution in [2.24, 2.45) is 17.8 Å². The van der Waals surface area contributed by atoms with Crippen LogP contribution in [0.5, 0.6) is 11.5 Å². The summed E-state index contributed by atoms with van der Waals surface area (Å²) in [6.07, 6.45) is 2.00. The molecule has 0 radical (unpaired) electrons. The molecule has 2 aromatic carbocycles. The van der Waals surface area contributed by atoms with Gasteiger partial charge in [0.2, 0.25) is 11.8 Å². The first-order chi connectivity index (χ1) is 20.3. The number of ether oxygens (including phenoxy) is 1. The monoisotopic (exact) mass is 688 g/mol. The van der Waals surface area contributed by atoms with Gasteiger partial charge in [0.25, 0.3) is 11.8 Å². The Balaban J connectivity index is 1.46. The minimum Gasteiger partial charge on any atom is -0.508 e. The van der Waals surface area contributed by atoms with E-state index in [9.17, 15) is 24.3 Å². The zero-order chi connectivity index (χ0) is 31.1. The molecule has 8 nitrogen and oxygen atoms in total. The molecule has 226 valence electrons. The van der Waals surface area contributed by atoms with E-state index in [1.54, 1.807) is 32.9 Å². The highest BCUT2D eigenvalue weighted by Crippen LogP contribution is 2.66. The first-order valence-corrected chi connectivity index (χ1v) is 16.0. The van der Waals surface area contributed by atoms with Crippen molar-refractivity contribution in [3.63, 3.8) is 0 Å². The summed E-state index contributed by atoms with van der Waals surface area (Å²) in [6.45, 7) is 5.68. The van der Waals surface area contributed by atoms with E-state index in [1.807, 2.05) is 36.4 Å². The Labute approximate surface area is 268 Å². The molecule has 6 rings (SSSR count). The summed E-state index contributed by atoms with van der Waals surface area (Å²) < 4.78 is 5.90. The Hall–Kier alpha value is -2.88. The van der Waals surface area contributed by atoms with Gasteiger partial charge in [-0.3, -0.25) is 29.0 Å². The third-order valence-electron chi connectivity index (χ3n) is 9.25. The lowest BCUT2D eigenvalue weighted by molar-refractivity contribution is -0.146. The number of nitrogens with zero attached hydrogens (tertiary/aromatic N) is 2. The van der Waals surface area contributed by atoms with Crippen LogP contribution in [0.3, 0.4) is 0 Å². The fourth-order valence-electron chi connectivity index (χ4n) is 7.36. The van der Waals surface area contributed by atoms with Gasteiger partial charge >= 0.3 is 0 Å². The largest absolute Gasteiger partial charge is 0.508 e. The van der Waals surface area contributed by atoms with Crippen molar-refractivity contribution in [1.29, 1.82) is 0 Å². The SMILES string of the molecule is CC(C)(C)N1C(=O)C2CC=C3C(CC4(Cl)C(=O)N(CBr)C(=O)C4(Cl)C3c3ccc(OCc4ccccc4)cc3O)C2C1=O. The maximum Gasteiger partial charge on any atom is 0.254 e. The zero-order valence-corrected chi connectivity index (χ0v) is 26.9. The van der Waals surface area contributed by atoms with Gasteiger partial charge in [-0.05, 0) is 51.2 Å². The number of hydrogen-bond donors (Lipinski definition) is 1. The van der Waals surface area contributed by atoms with Crippen molar-refractivity contribution in [3.8, 4) is 11.5 Å². The third-order valence-corrected chi connectivity index (χ3v) is 11.2. The molecule has 2 heterocycles. The number of halogens is 3. The average molecular weight is 690 g/mol. The van der Waals surface area contributed by atoms with Gasteiger partial charge in [0.1, 0.15) is 18.1 Å². The average Bonchev–Trinajstić information content (AvgIpc) is 3.31. The summed E-state index contributed by atoms with van der Waals surface area (Å²) in [5.41, 5.74) is 0.983. The molecular formula is C32H31BrCl2N2O6. The molecule has 2 aromatic rings. The lowest BCUT2D eigenvalue weighted by atomic mass is 9.56. The summed E-state index contributed by atoms with van der Waals surface area (Å²) in [5.74, 6) is -4.87. The van der Waals surface area contributed by atoms with Crippen LogP contribution >= 0.6 is 39.1 Å². The smallest absolute Gasteiger partial charge is 0.254 e. The number of phenols is 1. The van der Waals surface area contributed by atoms with Gasteiger partial charge in [0.05, 0.1) is 17.3 Å². The Kier molecular flexibility index (Phi) is 7.26. The first-order valence-electron chi connectivity index (χ1n) is 14.1. The predicted octanol–water partition coefficient (Wildman–Crippen LogP) is 5.48. The Bertz CT molecular complexity index is 1580. The molecule has 6 unspecified atom stereocenters. The molecule has 0 aromatic heterocycles. The van der Waals surface area contributed by atoms with E-state index in [0.29, 0.717) is 11.3 Å². The number of rotatable bonds is 5. The van der Waals surface area contributed by atoms with Gasteiger partial charge in [-0.25, -0.2) is 0 Å². The Morgan fingerprint density at radius 3 is 2.33 bits per heavy atom. The quantitative estimate of drug-likeness (QED) is 0.193. The number of aromatic hydroxyl groups is 1. The van der Waals surface area contributed by atoms with Crippen molar-refractivity contribution in [1.82, 2.24) is 9.80 Å². The van der Waals surface area contributed by atoms with Crippen molar-refractivity contribution < 1.29 is 29.0 Å². The molecule has 4 aliphatic rings. The number of fused-ring (bicyclic) bond motifs is 4. The number of likely N-dealkylation sites (tertiary alicyclic amines) is 2. The van der Waals surface area contributed by atoms with Gasteiger partial charge in [-0.15, -0.1) is 23.2 Å². The minimum atomic E-state index is -1.99. The first kappa shape index (κ1) is 30.2. The second-order valence-electron chi connectivity index (χ2n) is 12.7. The number of amides is 4. The lowest BCUT2D eigenvalue weighted by Crippen LogP contribution is -2.60. The van der Waals surface area contributed by atoms with Crippen LogP contribution in [0.4, 0.5) is 0 Å². The number of carbonyl (C=O) groups is 4. The maximum absolute atomic E-state index is 13.9. The number of imide groups is 2. The molecule has 3 fully saturated rings. The third kappa shape index (κ3) is 4.29. The van der Waals surface area contributed by atoms with Crippen LogP contribution in [0.25, 0.3) is 0 Å². The van der Waals surface area contributed by atoms with E-state index in [1.165, 1.54) is 11.0 Å². The number of allylic oxidation sites excluding steroid dienone is 2. The summed E-state index contributed by atoms with van der Waals surface area (Å²) in [7, 11) is 0. The number of carbonyl (C=O) groups excluding carboxylic acids is 4. The van der Waals surface area contributed by atoms with Gasteiger partial charge in [0, 0.05) is 23.1 Å². The Morgan fingerprint density at radius 2 is 1.70 bits per heavy atom. The molecule has 11 heteroatoms. The van der Waals surface area contributed by atoms with E-state index in [0.717, 1.165) is 10.5 Å². The van der Waals surface area contributed by atoms with Crippen LogP contribution in [0, 0.1) is 17.8 Å². The number of hydrogen-bond acceptors (Lipinski definition) is 6. The second kappa shape index (κ2) is 10.3. The second-order valence-corrected chi connectivity index (χ2v) is 14.4. The number of alkyl halides is 3. The van der Waals surface area contributed by atoms with E-state index in [2.05, 4.69) is 15.9 Å². The van der Waals surface area contributed by atoms with Crippen LogP contribution < -0.4 is 4.74 Å². The normalized spacial score (nSPS) is 32.0. The van der Waals surface area contributed by atoms with Crippen molar-refractivity contribution >= 4 is 62.8 Å². The molecule has 0 spiro atoms. The molecule has 1 N–H and O–H groups in total.